The Morgan fingerprint density at radius 2 is 2.43 bits per heavy atom. The molecule has 1 aromatic rings. The average Bonchev–Trinajstić information content (AvgIpc) is 2.20. The van der Waals surface area contributed by atoms with Gasteiger partial charge in [-0.25, -0.2) is 4.39 Å². The third kappa shape index (κ3) is 1.70. The topological polar surface area (TPSA) is 50.9 Å². The summed E-state index contributed by atoms with van der Waals surface area (Å²) >= 11 is 0. The van der Waals surface area contributed by atoms with E-state index in [4.69, 9.17) is 5.73 Å². The van der Waals surface area contributed by atoms with Crippen LogP contribution in [0.2, 0.25) is 0 Å². The lowest BCUT2D eigenvalue weighted by molar-refractivity contribution is 0.232. The molecule has 2 heterocycles. The molecule has 2 rings (SSSR count). The van der Waals surface area contributed by atoms with E-state index in [0.29, 0.717) is 12.2 Å². The van der Waals surface area contributed by atoms with Gasteiger partial charge in [0, 0.05) is 18.7 Å². The number of alkyl halides is 1. The number of rotatable bonds is 1. The quantitative estimate of drug-likeness (QED) is 0.705. The third-order valence-electron chi connectivity index (χ3n) is 2.69. The highest BCUT2D eigenvalue weighted by Crippen LogP contribution is 2.30. The van der Waals surface area contributed by atoms with E-state index < -0.39 is 6.17 Å². The van der Waals surface area contributed by atoms with Crippen LogP contribution in [0.25, 0.3) is 0 Å². The van der Waals surface area contributed by atoms with Gasteiger partial charge in [0.2, 0.25) is 0 Å². The first-order chi connectivity index (χ1) is 6.79. The number of hydrogen-bond acceptors (Lipinski definition) is 3. The molecule has 76 valence electrons. The summed E-state index contributed by atoms with van der Waals surface area (Å²) in [5, 5.41) is 3.02. The lowest BCUT2D eigenvalue weighted by Gasteiger charge is -2.27. The zero-order chi connectivity index (χ0) is 9.97. The number of nitrogen functional groups attached to an aromatic ring is 1. The molecule has 4 heteroatoms. The van der Waals surface area contributed by atoms with E-state index in [9.17, 15) is 4.39 Å². The summed E-state index contributed by atoms with van der Waals surface area (Å²) in [6, 6.07) is 1.82. The highest BCUT2D eigenvalue weighted by atomic mass is 19.1. The fourth-order valence-corrected chi connectivity index (χ4v) is 1.93. The summed E-state index contributed by atoms with van der Waals surface area (Å²) < 4.78 is 13.6. The molecule has 1 fully saturated rings. The Labute approximate surface area is 82.5 Å². The van der Waals surface area contributed by atoms with E-state index in [2.05, 4.69) is 10.3 Å². The summed E-state index contributed by atoms with van der Waals surface area (Å²) in [4.78, 5) is 3.90. The van der Waals surface area contributed by atoms with Crippen molar-refractivity contribution in [1.29, 1.82) is 0 Å². The minimum Gasteiger partial charge on any atom is -0.397 e. The molecule has 0 radical (unpaired) electrons. The molecule has 2 unspecified atom stereocenters. The van der Waals surface area contributed by atoms with Crippen LogP contribution in [0.3, 0.4) is 0 Å². The van der Waals surface area contributed by atoms with Crippen molar-refractivity contribution in [2.24, 2.45) is 0 Å². The van der Waals surface area contributed by atoms with Crippen molar-refractivity contribution in [3.05, 3.63) is 24.0 Å². The molecule has 3 N–H and O–H groups in total. The third-order valence-corrected chi connectivity index (χ3v) is 2.69. The summed E-state index contributed by atoms with van der Waals surface area (Å²) in [7, 11) is 0. The Morgan fingerprint density at radius 1 is 1.57 bits per heavy atom. The molecular formula is C10H14FN3. The number of nitrogens with zero attached hydrogens (tertiary/aromatic N) is 1. The van der Waals surface area contributed by atoms with Crippen LogP contribution in [-0.2, 0) is 0 Å². The van der Waals surface area contributed by atoms with Gasteiger partial charge in [0.15, 0.2) is 0 Å². The molecular weight excluding hydrogens is 181 g/mol. The van der Waals surface area contributed by atoms with Crippen LogP contribution in [0.15, 0.2) is 18.5 Å². The van der Waals surface area contributed by atoms with Crippen LogP contribution in [0.4, 0.5) is 10.1 Å². The largest absolute Gasteiger partial charge is 0.397 e. The average molecular weight is 195 g/mol. The molecule has 0 bridgehead atoms. The second kappa shape index (κ2) is 3.92. The summed E-state index contributed by atoms with van der Waals surface area (Å²) in [5.41, 5.74) is 7.26. The molecule has 1 saturated heterocycles. The van der Waals surface area contributed by atoms with Crippen molar-refractivity contribution in [3.63, 3.8) is 0 Å². The van der Waals surface area contributed by atoms with E-state index in [-0.39, 0.29) is 5.92 Å². The van der Waals surface area contributed by atoms with Crippen molar-refractivity contribution in [2.75, 3.05) is 18.8 Å². The Kier molecular flexibility index (Phi) is 2.63. The molecule has 1 aliphatic heterocycles. The highest BCUT2D eigenvalue weighted by Gasteiger charge is 2.27. The van der Waals surface area contributed by atoms with E-state index in [1.54, 1.807) is 12.4 Å². The van der Waals surface area contributed by atoms with Gasteiger partial charge in [-0.05, 0) is 24.6 Å². The maximum absolute atomic E-state index is 13.6. The van der Waals surface area contributed by atoms with Crippen LogP contribution in [0.1, 0.15) is 17.9 Å². The number of piperidine rings is 1. The Morgan fingerprint density at radius 3 is 3.14 bits per heavy atom. The highest BCUT2D eigenvalue weighted by molar-refractivity contribution is 5.46. The molecule has 1 aromatic heterocycles. The molecule has 0 aromatic carbocycles. The second-order valence-corrected chi connectivity index (χ2v) is 3.62. The van der Waals surface area contributed by atoms with Gasteiger partial charge in [-0.3, -0.25) is 4.98 Å². The van der Waals surface area contributed by atoms with Crippen LogP contribution < -0.4 is 11.1 Å². The second-order valence-electron chi connectivity index (χ2n) is 3.62. The Bertz CT molecular complexity index is 316. The minimum absolute atomic E-state index is 0.0701. The van der Waals surface area contributed by atoms with Crippen LogP contribution in [-0.4, -0.2) is 24.2 Å². The van der Waals surface area contributed by atoms with E-state index in [0.717, 1.165) is 18.5 Å². The fraction of sp³-hybridized carbons (Fsp3) is 0.500. The van der Waals surface area contributed by atoms with Crippen molar-refractivity contribution < 1.29 is 4.39 Å². The normalized spacial score (nSPS) is 27.5. The molecule has 0 aliphatic carbocycles. The van der Waals surface area contributed by atoms with Crippen LogP contribution in [0, 0.1) is 0 Å². The van der Waals surface area contributed by atoms with Gasteiger partial charge in [0.1, 0.15) is 6.17 Å². The SMILES string of the molecule is Nc1cnccc1C1CCNCC1F. The number of nitrogens with two attached hydrogens (primary N) is 1. The molecule has 0 amide bonds. The minimum atomic E-state index is -0.839. The first-order valence-electron chi connectivity index (χ1n) is 4.83. The van der Waals surface area contributed by atoms with Gasteiger partial charge in [-0.15, -0.1) is 0 Å². The number of anilines is 1. The Hall–Kier alpha value is -1.16. The van der Waals surface area contributed by atoms with E-state index in [1.165, 1.54) is 0 Å². The van der Waals surface area contributed by atoms with Crippen LogP contribution in [0.5, 0.6) is 0 Å². The van der Waals surface area contributed by atoms with Crippen molar-refractivity contribution >= 4 is 5.69 Å². The number of halogens is 1. The van der Waals surface area contributed by atoms with Crippen molar-refractivity contribution in [3.8, 4) is 0 Å². The number of aromatic nitrogens is 1. The smallest absolute Gasteiger partial charge is 0.119 e. The summed E-state index contributed by atoms with van der Waals surface area (Å²) in [5.74, 6) is -0.0701. The first-order valence-corrected chi connectivity index (χ1v) is 4.83. The lowest BCUT2D eigenvalue weighted by Crippen LogP contribution is -2.36. The predicted molar refractivity (Wildman–Crippen MR) is 53.8 cm³/mol. The number of pyridine rings is 1. The molecule has 14 heavy (non-hydrogen) atoms. The van der Waals surface area contributed by atoms with E-state index >= 15 is 0 Å². The zero-order valence-corrected chi connectivity index (χ0v) is 7.91. The zero-order valence-electron chi connectivity index (χ0n) is 7.91. The summed E-state index contributed by atoms with van der Waals surface area (Å²) in [6.45, 7) is 1.28. The maximum atomic E-state index is 13.6. The molecule has 3 nitrogen and oxygen atoms in total. The molecule has 0 spiro atoms. The standard InChI is InChI=1S/C10H14FN3/c11-9-5-13-3-1-7(9)8-2-4-14-6-10(8)12/h2,4,6-7,9,13H,1,3,5,12H2. The van der Waals surface area contributed by atoms with Gasteiger partial charge < -0.3 is 11.1 Å². The summed E-state index contributed by atoms with van der Waals surface area (Å²) in [6.07, 6.45) is 3.22. The number of hydrogen-bond donors (Lipinski definition) is 2. The predicted octanol–water partition coefficient (Wildman–Crippen LogP) is 1.08. The number of nitrogens with one attached hydrogen (secondary N) is 1. The van der Waals surface area contributed by atoms with Gasteiger partial charge in [0.05, 0.1) is 11.9 Å². The first kappa shape index (κ1) is 9.40. The van der Waals surface area contributed by atoms with Gasteiger partial charge in [-0.1, -0.05) is 0 Å². The van der Waals surface area contributed by atoms with Crippen molar-refractivity contribution in [1.82, 2.24) is 10.3 Å². The molecule has 0 saturated carbocycles. The van der Waals surface area contributed by atoms with Gasteiger partial charge in [0.25, 0.3) is 0 Å². The van der Waals surface area contributed by atoms with Gasteiger partial charge in [-0.2, -0.15) is 0 Å². The lowest BCUT2D eigenvalue weighted by atomic mass is 9.88. The maximum Gasteiger partial charge on any atom is 0.119 e. The van der Waals surface area contributed by atoms with Gasteiger partial charge >= 0.3 is 0 Å². The van der Waals surface area contributed by atoms with Crippen LogP contribution >= 0.6 is 0 Å². The molecule has 1 aliphatic rings. The fourth-order valence-electron chi connectivity index (χ4n) is 1.93. The molecule has 2 atom stereocenters. The monoisotopic (exact) mass is 195 g/mol. The van der Waals surface area contributed by atoms with E-state index in [1.807, 2.05) is 6.07 Å². The Balaban J connectivity index is 2.25. The van der Waals surface area contributed by atoms with Crippen molar-refractivity contribution in [2.45, 2.75) is 18.5 Å².